The Balaban J connectivity index is 2.32. The van der Waals surface area contributed by atoms with Crippen molar-refractivity contribution in [3.8, 4) is 11.1 Å². The standard InChI is InChI=1S/C18H23N3/c1-5-12-17-13(7-6-8-15(17)20-3)14-9-11(19-2)10-16(21-4)18(12)14/h6-10,12,19-21H,5H2,1-4H3. The van der Waals surface area contributed by atoms with Crippen LogP contribution in [0, 0.1) is 0 Å². The normalized spacial score (nSPS) is 15.3. The summed E-state index contributed by atoms with van der Waals surface area (Å²) < 4.78 is 0. The number of nitrogens with one attached hydrogen (secondary N) is 3. The molecule has 3 nitrogen and oxygen atoms in total. The second-order valence-electron chi connectivity index (χ2n) is 5.46. The minimum absolute atomic E-state index is 0.451. The van der Waals surface area contributed by atoms with Gasteiger partial charge in [-0.05, 0) is 46.9 Å². The molecule has 0 spiro atoms. The topological polar surface area (TPSA) is 36.1 Å². The Kier molecular flexibility index (Phi) is 3.50. The predicted octanol–water partition coefficient (Wildman–Crippen LogP) is 4.33. The SMILES string of the molecule is CCC1c2c(NC)cccc2-c2cc(NC)cc(NC)c21. The summed E-state index contributed by atoms with van der Waals surface area (Å²) in [6.07, 6.45) is 1.10. The summed E-state index contributed by atoms with van der Waals surface area (Å²) in [6.45, 7) is 2.27. The molecule has 0 aliphatic heterocycles. The van der Waals surface area contributed by atoms with E-state index in [9.17, 15) is 0 Å². The molecular weight excluding hydrogens is 258 g/mol. The lowest BCUT2D eigenvalue weighted by Gasteiger charge is -2.18. The molecular formula is C18H23N3. The van der Waals surface area contributed by atoms with Crippen LogP contribution in [0.5, 0.6) is 0 Å². The van der Waals surface area contributed by atoms with Crippen molar-refractivity contribution in [3.63, 3.8) is 0 Å². The molecule has 0 saturated heterocycles. The second kappa shape index (κ2) is 5.32. The smallest absolute Gasteiger partial charge is 0.0403 e. The summed E-state index contributed by atoms with van der Waals surface area (Å²) in [5, 5.41) is 10.0. The molecule has 3 N–H and O–H groups in total. The fraction of sp³-hybridized carbons (Fsp3) is 0.333. The van der Waals surface area contributed by atoms with E-state index < -0.39 is 0 Å². The first-order valence-electron chi connectivity index (χ1n) is 7.59. The molecule has 1 aliphatic carbocycles. The number of anilines is 3. The maximum Gasteiger partial charge on any atom is 0.0403 e. The molecule has 2 aromatic rings. The van der Waals surface area contributed by atoms with Gasteiger partial charge in [-0.2, -0.15) is 0 Å². The van der Waals surface area contributed by atoms with Gasteiger partial charge in [-0.1, -0.05) is 19.1 Å². The molecule has 3 rings (SSSR count). The molecule has 1 unspecified atom stereocenters. The van der Waals surface area contributed by atoms with Crippen molar-refractivity contribution >= 4 is 17.1 Å². The molecule has 3 heteroatoms. The Bertz CT molecular complexity index is 676. The summed E-state index contributed by atoms with van der Waals surface area (Å²) >= 11 is 0. The van der Waals surface area contributed by atoms with Crippen molar-refractivity contribution in [1.29, 1.82) is 0 Å². The third kappa shape index (κ3) is 1.96. The van der Waals surface area contributed by atoms with Gasteiger partial charge in [0.2, 0.25) is 0 Å². The molecule has 0 radical (unpaired) electrons. The van der Waals surface area contributed by atoms with Crippen LogP contribution >= 0.6 is 0 Å². The zero-order valence-corrected chi connectivity index (χ0v) is 13.2. The molecule has 1 atom stereocenters. The van der Waals surface area contributed by atoms with Crippen molar-refractivity contribution in [2.75, 3.05) is 37.1 Å². The highest BCUT2D eigenvalue weighted by molar-refractivity contribution is 5.90. The largest absolute Gasteiger partial charge is 0.388 e. The Labute approximate surface area is 126 Å². The highest BCUT2D eigenvalue weighted by Crippen LogP contribution is 2.52. The second-order valence-corrected chi connectivity index (χ2v) is 5.46. The van der Waals surface area contributed by atoms with Gasteiger partial charge >= 0.3 is 0 Å². The van der Waals surface area contributed by atoms with E-state index in [1.54, 1.807) is 0 Å². The molecule has 0 heterocycles. The summed E-state index contributed by atoms with van der Waals surface area (Å²) in [5.41, 5.74) is 9.18. The maximum absolute atomic E-state index is 3.38. The third-order valence-corrected chi connectivity index (χ3v) is 4.51. The van der Waals surface area contributed by atoms with Crippen molar-refractivity contribution in [2.45, 2.75) is 19.3 Å². The van der Waals surface area contributed by atoms with Gasteiger partial charge < -0.3 is 16.0 Å². The summed E-state index contributed by atoms with van der Waals surface area (Å²) in [6, 6.07) is 11.0. The Morgan fingerprint density at radius 3 is 2.19 bits per heavy atom. The average molecular weight is 281 g/mol. The molecule has 110 valence electrons. The molecule has 0 amide bonds. The van der Waals surface area contributed by atoms with E-state index >= 15 is 0 Å². The van der Waals surface area contributed by atoms with Gasteiger partial charge in [0.05, 0.1) is 0 Å². The van der Waals surface area contributed by atoms with Crippen LogP contribution in [0.25, 0.3) is 11.1 Å². The van der Waals surface area contributed by atoms with E-state index in [4.69, 9.17) is 0 Å². The van der Waals surface area contributed by atoms with Crippen LogP contribution in [0.15, 0.2) is 30.3 Å². The lowest BCUT2D eigenvalue weighted by molar-refractivity contribution is 0.800. The first-order chi connectivity index (χ1) is 10.2. The van der Waals surface area contributed by atoms with Crippen LogP contribution in [0.1, 0.15) is 30.4 Å². The van der Waals surface area contributed by atoms with Crippen molar-refractivity contribution in [1.82, 2.24) is 0 Å². The van der Waals surface area contributed by atoms with Gasteiger partial charge in [-0.3, -0.25) is 0 Å². The van der Waals surface area contributed by atoms with E-state index in [1.807, 2.05) is 21.1 Å². The van der Waals surface area contributed by atoms with Gasteiger partial charge in [0.15, 0.2) is 0 Å². The van der Waals surface area contributed by atoms with Crippen LogP contribution in [0.4, 0.5) is 17.1 Å². The third-order valence-electron chi connectivity index (χ3n) is 4.51. The van der Waals surface area contributed by atoms with E-state index in [2.05, 4.69) is 53.2 Å². The van der Waals surface area contributed by atoms with E-state index in [0.29, 0.717) is 5.92 Å². The van der Waals surface area contributed by atoms with Crippen LogP contribution in [0.3, 0.4) is 0 Å². The quantitative estimate of drug-likeness (QED) is 0.780. The van der Waals surface area contributed by atoms with Crippen molar-refractivity contribution in [3.05, 3.63) is 41.5 Å². The minimum Gasteiger partial charge on any atom is -0.388 e. The molecule has 0 saturated carbocycles. The Morgan fingerprint density at radius 2 is 1.57 bits per heavy atom. The number of hydrogen-bond donors (Lipinski definition) is 3. The maximum atomic E-state index is 3.38. The fourth-order valence-electron chi connectivity index (χ4n) is 3.55. The lowest BCUT2D eigenvalue weighted by atomic mass is 9.92. The van der Waals surface area contributed by atoms with Gasteiger partial charge in [0.1, 0.15) is 0 Å². The van der Waals surface area contributed by atoms with E-state index in [1.165, 1.54) is 33.6 Å². The first-order valence-corrected chi connectivity index (χ1v) is 7.59. The molecule has 0 aromatic heterocycles. The van der Waals surface area contributed by atoms with E-state index in [-0.39, 0.29) is 0 Å². The number of rotatable bonds is 4. The highest BCUT2D eigenvalue weighted by Gasteiger charge is 2.32. The molecule has 1 aliphatic rings. The van der Waals surface area contributed by atoms with Crippen LogP contribution in [-0.4, -0.2) is 21.1 Å². The molecule has 0 fully saturated rings. The van der Waals surface area contributed by atoms with Crippen molar-refractivity contribution < 1.29 is 0 Å². The van der Waals surface area contributed by atoms with Crippen LogP contribution < -0.4 is 16.0 Å². The van der Waals surface area contributed by atoms with Gasteiger partial charge in [-0.15, -0.1) is 0 Å². The van der Waals surface area contributed by atoms with Crippen LogP contribution in [-0.2, 0) is 0 Å². The minimum atomic E-state index is 0.451. The fourth-order valence-corrected chi connectivity index (χ4v) is 3.55. The summed E-state index contributed by atoms with van der Waals surface area (Å²) in [5.74, 6) is 0.451. The zero-order chi connectivity index (χ0) is 15.0. The summed E-state index contributed by atoms with van der Waals surface area (Å²) in [7, 11) is 5.98. The lowest BCUT2D eigenvalue weighted by Crippen LogP contribution is -2.03. The molecule has 0 bridgehead atoms. The van der Waals surface area contributed by atoms with E-state index in [0.717, 1.165) is 12.1 Å². The van der Waals surface area contributed by atoms with Gasteiger partial charge in [0.25, 0.3) is 0 Å². The first kappa shape index (κ1) is 13.8. The average Bonchev–Trinajstić information content (AvgIpc) is 2.87. The number of hydrogen-bond acceptors (Lipinski definition) is 3. The number of fused-ring (bicyclic) bond motifs is 3. The zero-order valence-electron chi connectivity index (χ0n) is 13.2. The summed E-state index contributed by atoms with van der Waals surface area (Å²) in [4.78, 5) is 0. The number of benzene rings is 2. The van der Waals surface area contributed by atoms with Gasteiger partial charge in [0, 0.05) is 44.1 Å². The Hall–Kier alpha value is -2.16. The van der Waals surface area contributed by atoms with Crippen LogP contribution in [0.2, 0.25) is 0 Å². The van der Waals surface area contributed by atoms with Gasteiger partial charge in [-0.25, -0.2) is 0 Å². The van der Waals surface area contributed by atoms with Crippen molar-refractivity contribution in [2.24, 2.45) is 0 Å². The predicted molar refractivity (Wildman–Crippen MR) is 92.7 cm³/mol. The highest BCUT2D eigenvalue weighted by atomic mass is 14.9. The monoisotopic (exact) mass is 281 g/mol. The molecule has 2 aromatic carbocycles. The Morgan fingerprint density at radius 1 is 0.857 bits per heavy atom. The molecule has 21 heavy (non-hydrogen) atoms.